The van der Waals surface area contributed by atoms with Crippen LogP contribution in [0.25, 0.3) is 0 Å². The number of guanidine groups is 1. The third-order valence-electron chi connectivity index (χ3n) is 5.49. The van der Waals surface area contributed by atoms with Gasteiger partial charge < -0.3 is 24.8 Å². The van der Waals surface area contributed by atoms with Crippen LogP contribution in [0.5, 0.6) is 0 Å². The lowest BCUT2D eigenvalue weighted by Crippen LogP contribution is -2.46. The van der Waals surface area contributed by atoms with E-state index in [0.29, 0.717) is 6.61 Å². The van der Waals surface area contributed by atoms with Gasteiger partial charge in [0.05, 0.1) is 32.0 Å². The van der Waals surface area contributed by atoms with Crippen LogP contribution in [0.3, 0.4) is 0 Å². The maximum absolute atomic E-state index is 6.25. The number of benzene rings is 1. The van der Waals surface area contributed by atoms with Gasteiger partial charge in [-0.05, 0) is 37.0 Å². The van der Waals surface area contributed by atoms with Crippen LogP contribution in [0.1, 0.15) is 30.9 Å². The number of halogens is 2. The summed E-state index contributed by atoms with van der Waals surface area (Å²) in [4.78, 5) is 6.80. The average molecular weight is 567 g/mol. The molecule has 2 N–H and O–H groups in total. The lowest BCUT2D eigenvalue weighted by molar-refractivity contribution is 0.0165. The third kappa shape index (κ3) is 9.39. The number of ether oxygens (including phenoxy) is 3. The first-order valence-corrected chi connectivity index (χ1v) is 11.3. The molecule has 0 saturated carbocycles. The molecule has 7 nitrogen and oxygen atoms in total. The maximum atomic E-state index is 6.25. The normalized spacial score (nSPS) is 20.8. The van der Waals surface area contributed by atoms with Crippen LogP contribution in [0, 0.1) is 0 Å². The summed E-state index contributed by atoms with van der Waals surface area (Å²) < 4.78 is 16.8. The molecule has 1 aromatic rings. The Morgan fingerprint density at radius 3 is 2.84 bits per heavy atom. The molecule has 9 heteroatoms. The summed E-state index contributed by atoms with van der Waals surface area (Å²) in [6.07, 6.45) is 3.48. The monoisotopic (exact) mass is 566 g/mol. The van der Waals surface area contributed by atoms with Gasteiger partial charge in [-0.2, -0.15) is 0 Å². The maximum Gasteiger partial charge on any atom is 0.191 e. The number of hydrogen-bond acceptors (Lipinski definition) is 5. The lowest BCUT2D eigenvalue weighted by atomic mass is 10.0. The predicted molar refractivity (Wildman–Crippen MR) is 136 cm³/mol. The molecule has 0 spiro atoms. The molecule has 1 aromatic carbocycles. The van der Waals surface area contributed by atoms with E-state index in [-0.39, 0.29) is 36.1 Å². The van der Waals surface area contributed by atoms with Crippen LogP contribution in [0.4, 0.5) is 0 Å². The molecule has 0 radical (unpaired) electrons. The van der Waals surface area contributed by atoms with Crippen LogP contribution >= 0.6 is 35.6 Å². The van der Waals surface area contributed by atoms with Crippen LogP contribution < -0.4 is 10.6 Å². The van der Waals surface area contributed by atoms with Crippen molar-refractivity contribution < 1.29 is 14.2 Å². The molecule has 2 aliphatic heterocycles. The van der Waals surface area contributed by atoms with Crippen molar-refractivity contribution in [1.29, 1.82) is 0 Å². The highest BCUT2D eigenvalue weighted by Gasteiger charge is 2.23. The molecule has 2 unspecified atom stereocenters. The Bertz CT molecular complexity index is 655. The second kappa shape index (κ2) is 15.2. The van der Waals surface area contributed by atoms with Crippen molar-refractivity contribution in [3.63, 3.8) is 0 Å². The Morgan fingerprint density at radius 2 is 2.13 bits per heavy atom. The van der Waals surface area contributed by atoms with E-state index in [1.807, 2.05) is 18.2 Å². The van der Waals surface area contributed by atoms with E-state index < -0.39 is 0 Å². The van der Waals surface area contributed by atoms with Gasteiger partial charge in [-0.25, -0.2) is 0 Å². The number of morpholine rings is 1. The van der Waals surface area contributed by atoms with Crippen molar-refractivity contribution in [3.8, 4) is 0 Å². The average Bonchev–Trinajstić information content (AvgIpc) is 3.29. The highest BCUT2D eigenvalue weighted by Crippen LogP contribution is 2.24. The molecule has 2 fully saturated rings. The zero-order chi connectivity index (χ0) is 21.0. The van der Waals surface area contributed by atoms with Gasteiger partial charge in [0.1, 0.15) is 0 Å². The number of nitrogens with one attached hydrogen (secondary N) is 2. The Balaban J connectivity index is 0.00000341. The van der Waals surface area contributed by atoms with E-state index in [0.717, 1.165) is 82.9 Å². The molecule has 31 heavy (non-hydrogen) atoms. The van der Waals surface area contributed by atoms with E-state index in [4.69, 9.17) is 25.8 Å². The summed E-state index contributed by atoms with van der Waals surface area (Å²) in [6, 6.07) is 8.31. The van der Waals surface area contributed by atoms with Crippen molar-refractivity contribution >= 4 is 41.5 Å². The summed E-state index contributed by atoms with van der Waals surface area (Å²) in [6.45, 7) is 7.20. The molecule has 2 aliphatic rings. The number of rotatable bonds is 10. The van der Waals surface area contributed by atoms with Crippen molar-refractivity contribution in [1.82, 2.24) is 15.5 Å². The minimum atomic E-state index is 0. The lowest BCUT2D eigenvalue weighted by Gasteiger charge is -2.35. The van der Waals surface area contributed by atoms with Crippen LogP contribution in [-0.2, 0) is 14.2 Å². The minimum Gasteiger partial charge on any atom is -0.379 e. The second-order valence-corrected chi connectivity index (χ2v) is 8.10. The first kappa shape index (κ1) is 26.6. The van der Waals surface area contributed by atoms with Gasteiger partial charge in [-0.15, -0.1) is 24.0 Å². The fraction of sp³-hybridized carbons (Fsp3) is 0.682. The molecule has 0 amide bonds. The molecule has 0 bridgehead atoms. The van der Waals surface area contributed by atoms with Crippen molar-refractivity contribution in [2.24, 2.45) is 4.99 Å². The quantitative estimate of drug-likeness (QED) is 0.196. The molecule has 0 aromatic heterocycles. The Labute approximate surface area is 208 Å². The van der Waals surface area contributed by atoms with Gasteiger partial charge in [0, 0.05) is 51.5 Å². The predicted octanol–water partition coefficient (Wildman–Crippen LogP) is 3.08. The topological polar surface area (TPSA) is 67.4 Å². The summed E-state index contributed by atoms with van der Waals surface area (Å²) in [5.74, 6) is 0.800. The van der Waals surface area contributed by atoms with Crippen molar-refractivity contribution in [2.45, 2.75) is 31.4 Å². The van der Waals surface area contributed by atoms with Gasteiger partial charge in [-0.3, -0.25) is 9.89 Å². The third-order valence-corrected chi connectivity index (χ3v) is 5.73. The SMILES string of the molecule is CN=C(NCCCOCC1CCCO1)NCC(c1cccc(Cl)c1)N1CCOCC1.I. The van der Waals surface area contributed by atoms with Crippen LogP contribution in [0.2, 0.25) is 5.02 Å². The Kier molecular flexibility index (Phi) is 13.1. The van der Waals surface area contributed by atoms with Crippen LogP contribution in [0.15, 0.2) is 29.3 Å². The number of hydrogen-bond donors (Lipinski definition) is 2. The molecule has 2 saturated heterocycles. The van der Waals surface area contributed by atoms with Gasteiger partial charge in [0.25, 0.3) is 0 Å². The molecular formula is C22H36ClIN4O3. The summed E-state index contributed by atoms with van der Waals surface area (Å²) in [5.41, 5.74) is 1.20. The summed E-state index contributed by atoms with van der Waals surface area (Å²) >= 11 is 6.25. The van der Waals surface area contributed by atoms with Crippen molar-refractivity contribution in [2.75, 3.05) is 66.3 Å². The summed E-state index contributed by atoms with van der Waals surface area (Å²) in [5, 5.41) is 7.61. The van der Waals surface area contributed by atoms with Gasteiger partial charge in [0.2, 0.25) is 0 Å². The zero-order valence-electron chi connectivity index (χ0n) is 18.4. The molecule has 3 rings (SSSR count). The van der Waals surface area contributed by atoms with E-state index in [2.05, 4.69) is 26.6 Å². The largest absolute Gasteiger partial charge is 0.379 e. The van der Waals surface area contributed by atoms with Gasteiger partial charge >= 0.3 is 0 Å². The van der Waals surface area contributed by atoms with Crippen molar-refractivity contribution in [3.05, 3.63) is 34.9 Å². The number of nitrogens with zero attached hydrogens (tertiary/aromatic N) is 2. The Morgan fingerprint density at radius 1 is 1.29 bits per heavy atom. The number of aliphatic imine (C=N–C) groups is 1. The van der Waals surface area contributed by atoms with Crippen LogP contribution in [-0.4, -0.2) is 83.2 Å². The van der Waals surface area contributed by atoms with Gasteiger partial charge in [-0.1, -0.05) is 23.7 Å². The fourth-order valence-electron chi connectivity index (χ4n) is 3.85. The fourth-order valence-corrected chi connectivity index (χ4v) is 4.05. The molecular weight excluding hydrogens is 531 g/mol. The minimum absolute atomic E-state index is 0. The van der Waals surface area contributed by atoms with Gasteiger partial charge in [0.15, 0.2) is 5.96 Å². The highest BCUT2D eigenvalue weighted by atomic mass is 127. The second-order valence-electron chi connectivity index (χ2n) is 7.66. The molecule has 0 aliphatic carbocycles. The summed E-state index contributed by atoms with van der Waals surface area (Å²) in [7, 11) is 1.80. The molecule has 2 atom stereocenters. The Hall–Kier alpha value is -0.650. The van der Waals surface area contributed by atoms with E-state index in [9.17, 15) is 0 Å². The first-order chi connectivity index (χ1) is 14.8. The molecule has 176 valence electrons. The first-order valence-electron chi connectivity index (χ1n) is 11.0. The van der Waals surface area contributed by atoms with E-state index >= 15 is 0 Å². The smallest absolute Gasteiger partial charge is 0.191 e. The standard InChI is InChI=1S/C22H35ClN4O3.HI/c1-24-22(25-8-4-11-29-17-20-7-3-12-30-20)26-16-21(27-9-13-28-14-10-27)18-5-2-6-19(23)15-18;/h2,5-6,15,20-21H,3-4,7-14,16-17H2,1H3,(H2,24,25,26);1H. The van der Waals surface area contributed by atoms with E-state index in [1.54, 1.807) is 7.05 Å². The molecule has 2 heterocycles. The van der Waals surface area contributed by atoms with E-state index in [1.165, 1.54) is 5.56 Å². The zero-order valence-corrected chi connectivity index (χ0v) is 21.4. The highest BCUT2D eigenvalue weighted by molar-refractivity contribution is 14.0.